The summed E-state index contributed by atoms with van der Waals surface area (Å²) in [4.78, 5) is 0. The van der Waals surface area contributed by atoms with Crippen molar-refractivity contribution >= 4 is 0 Å². The van der Waals surface area contributed by atoms with Gasteiger partial charge in [0.25, 0.3) is 0 Å². The van der Waals surface area contributed by atoms with Crippen LogP contribution in [0.5, 0.6) is 0 Å². The van der Waals surface area contributed by atoms with Crippen molar-refractivity contribution in [2.24, 2.45) is 0 Å². The zero-order valence-electron chi connectivity index (χ0n) is 9.29. The average molecular weight is 211 g/mol. The van der Waals surface area contributed by atoms with Crippen LogP contribution >= 0.6 is 0 Å². The fourth-order valence-electron chi connectivity index (χ4n) is 1.54. The summed E-state index contributed by atoms with van der Waals surface area (Å²) >= 11 is 0. The predicted molar refractivity (Wildman–Crippen MR) is 59.6 cm³/mol. The Balaban J connectivity index is 2.69. The Bertz CT molecular complexity index is 291. The molecular weight excluding hydrogens is 193 g/mol. The summed E-state index contributed by atoms with van der Waals surface area (Å²) in [6.07, 6.45) is 0. The second-order valence-electron chi connectivity index (χ2n) is 3.47. The molecule has 0 aliphatic rings. The standard InChI is InChI=1S/C12H18FNO/c1-3-15-9-11(8-14-2)10-5-4-6-12(13)7-10/h4-7,11,14H,3,8-9H2,1-2H3. The van der Waals surface area contributed by atoms with Gasteiger partial charge in [0, 0.05) is 19.1 Å². The number of rotatable bonds is 6. The van der Waals surface area contributed by atoms with Crippen LogP contribution in [0.1, 0.15) is 18.4 Å². The summed E-state index contributed by atoms with van der Waals surface area (Å²) in [7, 11) is 1.89. The molecule has 0 bridgehead atoms. The molecule has 0 saturated carbocycles. The molecule has 0 fully saturated rings. The lowest BCUT2D eigenvalue weighted by molar-refractivity contribution is 0.132. The van der Waals surface area contributed by atoms with Crippen molar-refractivity contribution in [3.63, 3.8) is 0 Å². The summed E-state index contributed by atoms with van der Waals surface area (Å²) in [5.41, 5.74) is 0.984. The van der Waals surface area contributed by atoms with Crippen LogP contribution in [-0.4, -0.2) is 26.8 Å². The van der Waals surface area contributed by atoms with Crippen LogP contribution in [0.2, 0.25) is 0 Å². The largest absolute Gasteiger partial charge is 0.381 e. The molecule has 0 aromatic heterocycles. The molecule has 0 heterocycles. The van der Waals surface area contributed by atoms with Crippen LogP contribution in [0.15, 0.2) is 24.3 Å². The summed E-state index contributed by atoms with van der Waals surface area (Å²) in [5.74, 6) is 0.0238. The molecule has 0 aliphatic heterocycles. The fourth-order valence-corrected chi connectivity index (χ4v) is 1.54. The van der Waals surface area contributed by atoms with Gasteiger partial charge in [0.1, 0.15) is 5.82 Å². The predicted octanol–water partition coefficient (Wildman–Crippen LogP) is 2.17. The minimum atomic E-state index is -0.190. The van der Waals surface area contributed by atoms with Crippen LogP contribution in [-0.2, 0) is 4.74 Å². The van der Waals surface area contributed by atoms with Crippen molar-refractivity contribution in [2.75, 3.05) is 26.8 Å². The minimum absolute atomic E-state index is 0.190. The van der Waals surface area contributed by atoms with Gasteiger partial charge in [-0.3, -0.25) is 0 Å². The monoisotopic (exact) mass is 211 g/mol. The zero-order chi connectivity index (χ0) is 11.1. The van der Waals surface area contributed by atoms with Gasteiger partial charge in [-0.15, -0.1) is 0 Å². The SMILES string of the molecule is CCOCC(CNC)c1cccc(F)c1. The van der Waals surface area contributed by atoms with Crippen LogP contribution < -0.4 is 5.32 Å². The lowest BCUT2D eigenvalue weighted by atomic mass is 10.00. The molecule has 0 spiro atoms. The maximum absolute atomic E-state index is 13.0. The summed E-state index contributed by atoms with van der Waals surface area (Å²) in [5, 5.41) is 3.09. The van der Waals surface area contributed by atoms with E-state index in [2.05, 4.69) is 5.32 Å². The van der Waals surface area contributed by atoms with Gasteiger partial charge in [-0.2, -0.15) is 0 Å². The maximum atomic E-state index is 13.0. The number of nitrogens with one attached hydrogen (secondary N) is 1. The van der Waals surface area contributed by atoms with Crippen molar-refractivity contribution in [2.45, 2.75) is 12.8 Å². The highest BCUT2D eigenvalue weighted by Gasteiger charge is 2.11. The van der Waals surface area contributed by atoms with E-state index in [9.17, 15) is 4.39 Å². The van der Waals surface area contributed by atoms with Gasteiger partial charge in [0.05, 0.1) is 6.61 Å². The van der Waals surface area contributed by atoms with E-state index < -0.39 is 0 Å². The molecule has 0 aliphatic carbocycles. The van der Waals surface area contributed by atoms with Crippen molar-refractivity contribution in [3.05, 3.63) is 35.6 Å². The molecule has 0 saturated heterocycles. The molecule has 3 heteroatoms. The third kappa shape index (κ3) is 3.98. The summed E-state index contributed by atoms with van der Waals surface area (Å²) < 4.78 is 18.4. The van der Waals surface area contributed by atoms with Crippen LogP contribution in [0.4, 0.5) is 4.39 Å². The molecule has 84 valence electrons. The Labute approximate surface area is 90.4 Å². The Morgan fingerprint density at radius 2 is 2.27 bits per heavy atom. The number of ether oxygens (including phenoxy) is 1. The Kier molecular flexibility index (Phi) is 5.29. The van der Waals surface area contributed by atoms with Crippen molar-refractivity contribution in [1.29, 1.82) is 0 Å². The second kappa shape index (κ2) is 6.53. The van der Waals surface area contributed by atoms with Crippen LogP contribution in [0.3, 0.4) is 0 Å². The zero-order valence-corrected chi connectivity index (χ0v) is 9.29. The van der Waals surface area contributed by atoms with Crippen LogP contribution in [0, 0.1) is 5.82 Å². The van der Waals surface area contributed by atoms with E-state index in [1.807, 2.05) is 20.0 Å². The smallest absolute Gasteiger partial charge is 0.123 e. The quantitative estimate of drug-likeness (QED) is 0.778. The molecule has 0 radical (unpaired) electrons. The first-order valence-corrected chi connectivity index (χ1v) is 5.25. The van der Waals surface area contributed by atoms with E-state index in [4.69, 9.17) is 4.74 Å². The topological polar surface area (TPSA) is 21.3 Å². The molecule has 1 aromatic rings. The second-order valence-corrected chi connectivity index (χ2v) is 3.47. The van der Waals surface area contributed by atoms with Gasteiger partial charge in [-0.25, -0.2) is 4.39 Å². The first-order valence-electron chi connectivity index (χ1n) is 5.25. The Hall–Kier alpha value is -0.930. The maximum Gasteiger partial charge on any atom is 0.123 e. The van der Waals surface area contributed by atoms with Crippen molar-refractivity contribution < 1.29 is 9.13 Å². The Morgan fingerprint density at radius 1 is 1.47 bits per heavy atom. The van der Waals surface area contributed by atoms with E-state index >= 15 is 0 Å². The Morgan fingerprint density at radius 3 is 2.87 bits per heavy atom. The van der Waals surface area contributed by atoms with Crippen LogP contribution in [0.25, 0.3) is 0 Å². The van der Waals surface area contributed by atoms with Crippen molar-refractivity contribution in [1.82, 2.24) is 5.32 Å². The average Bonchev–Trinajstić information content (AvgIpc) is 2.24. The third-order valence-corrected chi connectivity index (χ3v) is 2.29. The van der Waals surface area contributed by atoms with E-state index in [0.29, 0.717) is 13.2 Å². The lowest BCUT2D eigenvalue weighted by Gasteiger charge is -2.16. The first kappa shape index (κ1) is 12.1. The highest BCUT2D eigenvalue weighted by atomic mass is 19.1. The number of likely N-dealkylation sites (N-methyl/N-ethyl adjacent to an activating group) is 1. The van der Waals surface area contributed by atoms with E-state index in [1.54, 1.807) is 12.1 Å². The molecule has 2 nitrogen and oxygen atoms in total. The molecule has 1 N–H and O–H groups in total. The minimum Gasteiger partial charge on any atom is -0.381 e. The molecule has 0 amide bonds. The van der Waals surface area contributed by atoms with E-state index in [0.717, 1.165) is 12.1 Å². The highest BCUT2D eigenvalue weighted by molar-refractivity contribution is 5.21. The van der Waals surface area contributed by atoms with Crippen molar-refractivity contribution in [3.8, 4) is 0 Å². The van der Waals surface area contributed by atoms with E-state index in [1.165, 1.54) is 6.07 Å². The number of hydrogen-bond donors (Lipinski definition) is 1. The van der Waals surface area contributed by atoms with Gasteiger partial charge < -0.3 is 10.1 Å². The fraction of sp³-hybridized carbons (Fsp3) is 0.500. The van der Waals surface area contributed by atoms with Gasteiger partial charge in [0.15, 0.2) is 0 Å². The molecule has 1 rings (SSSR count). The van der Waals surface area contributed by atoms with Gasteiger partial charge in [-0.05, 0) is 31.7 Å². The lowest BCUT2D eigenvalue weighted by Crippen LogP contribution is -2.21. The number of halogens is 1. The third-order valence-electron chi connectivity index (χ3n) is 2.29. The van der Waals surface area contributed by atoms with Gasteiger partial charge in [-0.1, -0.05) is 12.1 Å². The number of hydrogen-bond acceptors (Lipinski definition) is 2. The number of benzene rings is 1. The normalized spacial score (nSPS) is 12.7. The van der Waals surface area contributed by atoms with E-state index in [-0.39, 0.29) is 11.7 Å². The molecular formula is C12H18FNO. The summed E-state index contributed by atoms with van der Waals surface area (Å²) in [6, 6.07) is 6.70. The summed E-state index contributed by atoms with van der Waals surface area (Å²) in [6.45, 7) is 4.07. The molecule has 1 atom stereocenters. The molecule has 1 unspecified atom stereocenters. The first-order chi connectivity index (χ1) is 7.27. The van der Waals surface area contributed by atoms with Gasteiger partial charge in [0.2, 0.25) is 0 Å². The highest BCUT2D eigenvalue weighted by Crippen LogP contribution is 2.16. The molecule has 1 aromatic carbocycles. The van der Waals surface area contributed by atoms with Gasteiger partial charge >= 0.3 is 0 Å². The molecule has 15 heavy (non-hydrogen) atoms.